The number of rotatable bonds is 3. The Labute approximate surface area is 168 Å². The van der Waals surface area contributed by atoms with Gasteiger partial charge in [-0.3, -0.25) is 14.8 Å². The van der Waals surface area contributed by atoms with Crippen molar-refractivity contribution in [3.63, 3.8) is 0 Å². The van der Waals surface area contributed by atoms with Gasteiger partial charge in [-0.25, -0.2) is 0 Å². The van der Waals surface area contributed by atoms with Gasteiger partial charge in [0.05, 0.1) is 24.1 Å². The number of fused-ring (bicyclic) bond motifs is 1. The van der Waals surface area contributed by atoms with Crippen LogP contribution < -0.4 is 4.74 Å². The first kappa shape index (κ1) is 17.6. The van der Waals surface area contributed by atoms with Crippen LogP contribution in [0.3, 0.4) is 0 Å². The number of hydrogen-bond acceptors (Lipinski definition) is 4. The number of hydrogen-bond donors (Lipinski definition) is 1. The molecule has 0 bridgehead atoms. The number of aromatic nitrogens is 2. The molecule has 2 aromatic heterocycles. The summed E-state index contributed by atoms with van der Waals surface area (Å²) in [7, 11) is 0. The van der Waals surface area contributed by atoms with Crippen LogP contribution in [0.25, 0.3) is 32.9 Å². The predicted molar refractivity (Wildman–Crippen MR) is 112 cm³/mol. The highest BCUT2D eigenvalue weighted by Gasteiger charge is 2.22. The first-order valence-corrected chi connectivity index (χ1v) is 9.68. The Morgan fingerprint density at radius 3 is 2.86 bits per heavy atom. The number of carbonyl (C=O) groups is 1. The second-order valence-corrected chi connectivity index (χ2v) is 7.54. The lowest BCUT2D eigenvalue weighted by atomic mass is 9.88. The number of aryl methyl sites for hydroxylation is 2. The maximum Gasteiger partial charge on any atom is 0.307 e. The third-order valence-electron chi connectivity index (χ3n) is 5.63. The monoisotopic (exact) mass is 384 g/mol. The van der Waals surface area contributed by atoms with Gasteiger partial charge in [0.25, 0.3) is 0 Å². The molecule has 2 aromatic carbocycles. The van der Waals surface area contributed by atoms with Crippen molar-refractivity contribution in [3.8, 4) is 16.9 Å². The minimum atomic E-state index is -0.854. The molecule has 5 nitrogen and oxygen atoms in total. The predicted octanol–water partition coefficient (Wildman–Crippen LogP) is 4.63. The molecule has 0 spiro atoms. The van der Waals surface area contributed by atoms with Crippen LogP contribution in [0.1, 0.15) is 22.4 Å². The molecule has 1 aliphatic heterocycles. The van der Waals surface area contributed by atoms with Gasteiger partial charge in [0.15, 0.2) is 0 Å². The fourth-order valence-electron chi connectivity index (χ4n) is 4.34. The lowest BCUT2D eigenvalue weighted by Gasteiger charge is -2.21. The van der Waals surface area contributed by atoms with Gasteiger partial charge in [0.1, 0.15) is 5.75 Å². The van der Waals surface area contributed by atoms with Gasteiger partial charge in [0, 0.05) is 34.6 Å². The van der Waals surface area contributed by atoms with Crippen molar-refractivity contribution in [1.29, 1.82) is 0 Å². The Bertz CT molecular complexity index is 1300. The van der Waals surface area contributed by atoms with Crippen LogP contribution in [0.4, 0.5) is 0 Å². The maximum atomic E-state index is 11.7. The van der Waals surface area contributed by atoms with E-state index in [1.54, 1.807) is 0 Å². The highest BCUT2D eigenvalue weighted by molar-refractivity contribution is 6.07. The average Bonchev–Trinajstić information content (AvgIpc) is 2.69. The average molecular weight is 384 g/mol. The van der Waals surface area contributed by atoms with Crippen LogP contribution in [0.15, 0.2) is 42.6 Å². The number of pyridine rings is 2. The number of benzene rings is 2. The number of carboxylic acids is 1. The summed E-state index contributed by atoms with van der Waals surface area (Å²) in [6.45, 7) is 4.57. The minimum Gasteiger partial charge on any atom is -0.493 e. The van der Waals surface area contributed by atoms with Crippen molar-refractivity contribution < 1.29 is 14.6 Å². The topological polar surface area (TPSA) is 72.3 Å². The summed E-state index contributed by atoms with van der Waals surface area (Å²) in [5.74, 6) is -0.0170. The summed E-state index contributed by atoms with van der Waals surface area (Å²) >= 11 is 0. The minimum absolute atomic E-state index is 0.0512. The van der Waals surface area contributed by atoms with E-state index in [0.29, 0.717) is 6.61 Å². The fourth-order valence-corrected chi connectivity index (χ4v) is 4.34. The van der Waals surface area contributed by atoms with Crippen LogP contribution in [0.2, 0.25) is 0 Å². The quantitative estimate of drug-likeness (QED) is 0.558. The Balaban J connectivity index is 1.92. The third-order valence-corrected chi connectivity index (χ3v) is 5.63. The van der Waals surface area contributed by atoms with Gasteiger partial charge in [-0.2, -0.15) is 0 Å². The molecule has 0 fully saturated rings. The summed E-state index contributed by atoms with van der Waals surface area (Å²) in [6, 6.07) is 12.0. The van der Waals surface area contributed by atoms with Crippen LogP contribution >= 0.6 is 0 Å². The van der Waals surface area contributed by atoms with E-state index in [-0.39, 0.29) is 6.42 Å². The molecule has 3 heterocycles. The SMILES string of the molecule is Cc1ccc2c(-c3ccc4c5c(ccnc35)CCO4)c(CC(=O)O)c(C)cc2n1. The molecule has 0 atom stereocenters. The summed E-state index contributed by atoms with van der Waals surface area (Å²) in [4.78, 5) is 21.1. The van der Waals surface area contributed by atoms with Crippen molar-refractivity contribution in [2.24, 2.45) is 0 Å². The van der Waals surface area contributed by atoms with Crippen LogP contribution in [-0.4, -0.2) is 27.7 Å². The van der Waals surface area contributed by atoms with E-state index in [1.165, 1.54) is 5.56 Å². The van der Waals surface area contributed by atoms with Crippen LogP contribution in [0.5, 0.6) is 5.75 Å². The zero-order valence-electron chi connectivity index (χ0n) is 16.3. The number of carboxylic acid groups (broad SMARTS) is 1. The molecule has 0 saturated carbocycles. The lowest BCUT2D eigenvalue weighted by Crippen LogP contribution is -2.10. The normalized spacial score (nSPS) is 12.9. The van der Waals surface area contributed by atoms with E-state index in [2.05, 4.69) is 4.98 Å². The van der Waals surface area contributed by atoms with Crippen molar-refractivity contribution >= 4 is 27.8 Å². The Morgan fingerprint density at radius 2 is 2.03 bits per heavy atom. The molecule has 5 rings (SSSR count). The number of aliphatic carboxylic acids is 1. The van der Waals surface area contributed by atoms with Gasteiger partial charge in [-0.1, -0.05) is 6.07 Å². The molecule has 0 saturated heterocycles. The summed E-state index contributed by atoms with van der Waals surface area (Å²) in [5, 5.41) is 11.5. The molecule has 0 unspecified atom stereocenters. The Hall–Kier alpha value is -3.47. The zero-order valence-corrected chi connectivity index (χ0v) is 16.3. The second-order valence-electron chi connectivity index (χ2n) is 7.54. The van der Waals surface area contributed by atoms with Gasteiger partial charge in [-0.15, -0.1) is 0 Å². The Morgan fingerprint density at radius 1 is 1.17 bits per heavy atom. The number of ether oxygens (including phenoxy) is 1. The van der Waals surface area contributed by atoms with Gasteiger partial charge < -0.3 is 9.84 Å². The molecule has 144 valence electrons. The molecule has 0 aliphatic carbocycles. The van der Waals surface area contributed by atoms with Crippen molar-refractivity contribution in [2.45, 2.75) is 26.7 Å². The Kier molecular flexibility index (Phi) is 3.98. The number of nitrogens with zero attached hydrogens (tertiary/aromatic N) is 2. The molecule has 1 N–H and O–H groups in total. The van der Waals surface area contributed by atoms with E-state index >= 15 is 0 Å². The van der Waals surface area contributed by atoms with Crippen molar-refractivity contribution in [1.82, 2.24) is 9.97 Å². The van der Waals surface area contributed by atoms with Crippen LogP contribution in [-0.2, 0) is 17.6 Å². The van der Waals surface area contributed by atoms with Crippen molar-refractivity contribution in [3.05, 3.63) is 65.0 Å². The summed E-state index contributed by atoms with van der Waals surface area (Å²) in [6.07, 6.45) is 2.62. The summed E-state index contributed by atoms with van der Waals surface area (Å²) in [5.41, 5.74) is 7.39. The fraction of sp³-hybridized carbons (Fsp3) is 0.208. The second kappa shape index (κ2) is 6.55. The molecule has 1 aliphatic rings. The molecule has 5 heteroatoms. The smallest absolute Gasteiger partial charge is 0.307 e. The maximum absolute atomic E-state index is 11.7. The van der Waals surface area contributed by atoms with E-state index in [9.17, 15) is 9.90 Å². The van der Waals surface area contributed by atoms with E-state index in [1.807, 2.05) is 56.4 Å². The van der Waals surface area contributed by atoms with Gasteiger partial charge >= 0.3 is 5.97 Å². The molecule has 0 radical (unpaired) electrons. The largest absolute Gasteiger partial charge is 0.493 e. The molecular formula is C24H20N2O3. The lowest BCUT2D eigenvalue weighted by molar-refractivity contribution is -0.136. The molecular weight excluding hydrogens is 364 g/mol. The first-order valence-electron chi connectivity index (χ1n) is 9.68. The first-order chi connectivity index (χ1) is 14.0. The highest BCUT2D eigenvalue weighted by Crippen LogP contribution is 2.42. The zero-order chi connectivity index (χ0) is 20.1. The van der Waals surface area contributed by atoms with E-state index in [4.69, 9.17) is 9.72 Å². The summed E-state index contributed by atoms with van der Waals surface area (Å²) < 4.78 is 5.86. The third kappa shape index (κ3) is 2.81. The molecule has 0 amide bonds. The molecule has 4 aromatic rings. The standard InChI is InChI=1S/C24H20N2O3/c1-13-11-19-16(4-3-14(2)26-19)23(18(13)12-21(27)28)17-5-6-20-22-15(8-10-29-20)7-9-25-24(17)22/h3-7,9,11H,8,10,12H2,1-2H3,(H,27,28). The molecule has 29 heavy (non-hydrogen) atoms. The van der Waals surface area contributed by atoms with Gasteiger partial charge in [-0.05, 0) is 66.4 Å². The van der Waals surface area contributed by atoms with E-state index < -0.39 is 5.97 Å². The van der Waals surface area contributed by atoms with Crippen molar-refractivity contribution in [2.75, 3.05) is 6.61 Å². The van der Waals surface area contributed by atoms with E-state index in [0.717, 1.165) is 61.9 Å². The highest BCUT2D eigenvalue weighted by atomic mass is 16.5. The van der Waals surface area contributed by atoms with Crippen LogP contribution in [0, 0.1) is 13.8 Å². The van der Waals surface area contributed by atoms with Gasteiger partial charge in [0.2, 0.25) is 0 Å².